The summed E-state index contributed by atoms with van der Waals surface area (Å²) in [5.41, 5.74) is 1.12. The molecule has 1 atom stereocenters. The third-order valence-electron chi connectivity index (χ3n) is 3.71. The second-order valence-corrected chi connectivity index (χ2v) is 5.40. The second kappa shape index (κ2) is 3.36. The van der Waals surface area contributed by atoms with Gasteiger partial charge in [-0.05, 0) is 6.42 Å². The molecule has 86 valence electrons. The number of hydrogen-bond donors (Lipinski definition) is 1. The number of ether oxygens (including phenoxy) is 1. The SMILES string of the molecule is [C-]#[N+]C1=C(O)C(C)(C)C2=CCOC[C@@]2(C)C1. The van der Waals surface area contributed by atoms with Gasteiger partial charge in [-0.3, -0.25) is 0 Å². The number of fused-ring (bicyclic) bond motifs is 1. The predicted molar refractivity (Wildman–Crippen MR) is 61.7 cm³/mol. The smallest absolute Gasteiger partial charge is 0.203 e. The van der Waals surface area contributed by atoms with Crippen molar-refractivity contribution < 1.29 is 9.84 Å². The minimum atomic E-state index is -0.434. The molecular formula is C13H17NO2. The topological polar surface area (TPSA) is 33.8 Å². The molecule has 0 aromatic carbocycles. The third-order valence-corrected chi connectivity index (χ3v) is 3.71. The van der Waals surface area contributed by atoms with Crippen LogP contribution in [0.4, 0.5) is 0 Å². The summed E-state index contributed by atoms with van der Waals surface area (Å²) in [7, 11) is 0. The van der Waals surface area contributed by atoms with Crippen LogP contribution in [0.3, 0.4) is 0 Å². The molecule has 16 heavy (non-hydrogen) atoms. The molecule has 0 radical (unpaired) electrons. The van der Waals surface area contributed by atoms with Crippen LogP contribution in [0.2, 0.25) is 0 Å². The lowest BCUT2D eigenvalue weighted by Gasteiger charge is -2.47. The summed E-state index contributed by atoms with van der Waals surface area (Å²) < 4.78 is 5.48. The Morgan fingerprint density at radius 3 is 2.75 bits per heavy atom. The summed E-state index contributed by atoms with van der Waals surface area (Å²) in [4.78, 5) is 3.46. The van der Waals surface area contributed by atoms with Crippen molar-refractivity contribution >= 4 is 0 Å². The largest absolute Gasteiger partial charge is 0.523 e. The minimum Gasteiger partial charge on any atom is -0.523 e. The normalized spacial score (nSPS) is 32.8. The Balaban J connectivity index is 2.59. The van der Waals surface area contributed by atoms with Crippen LogP contribution in [0, 0.1) is 17.4 Å². The van der Waals surface area contributed by atoms with Gasteiger partial charge in [0.1, 0.15) is 5.76 Å². The average Bonchev–Trinajstić information content (AvgIpc) is 2.24. The van der Waals surface area contributed by atoms with Crippen LogP contribution in [0.15, 0.2) is 23.1 Å². The molecule has 0 saturated heterocycles. The van der Waals surface area contributed by atoms with Gasteiger partial charge in [0.25, 0.3) is 0 Å². The highest BCUT2D eigenvalue weighted by atomic mass is 16.5. The van der Waals surface area contributed by atoms with Gasteiger partial charge in [-0.1, -0.05) is 32.4 Å². The predicted octanol–water partition coefficient (Wildman–Crippen LogP) is 3.07. The summed E-state index contributed by atoms with van der Waals surface area (Å²) in [6.45, 7) is 14.4. The monoisotopic (exact) mass is 219 g/mol. The zero-order chi connectivity index (χ0) is 12.0. The van der Waals surface area contributed by atoms with E-state index in [0.29, 0.717) is 25.3 Å². The number of nitrogens with zero attached hydrogens (tertiary/aromatic N) is 1. The van der Waals surface area contributed by atoms with E-state index >= 15 is 0 Å². The lowest BCUT2D eigenvalue weighted by Crippen LogP contribution is -2.41. The summed E-state index contributed by atoms with van der Waals surface area (Å²) >= 11 is 0. The molecule has 1 aliphatic carbocycles. The number of rotatable bonds is 0. The van der Waals surface area contributed by atoms with Crippen molar-refractivity contribution in [3.05, 3.63) is 34.5 Å². The Labute approximate surface area is 96.2 Å². The van der Waals surface area contributed by atoms with Gasteiger partial charge in [0.2, 0.25) is 5.70 Å². The van der Waals surface area contributed by atoms with Gasteiger partial charge in [-0.2, -0.15) is 0 Å². The van der Waals surface area contributed by atoms with E-state index in [-0.39, 0.29) is 11.2 Å². The molecule has 0 aromatic heterocycles. The number of aliphatic hydroxyl groups excluding tert-OH is 1. The molecule has 0 aromatic rings. The molecule has 3 nitrogen and oxygen atoms in total. The van der Waals surface area contributed by atoms with E-state index in [1.165, 1.54) is 5.57 Å². The van der Waals surface area contributed by atoms with E-state index in [1.807, 2.05) is 13.8 Å². The van der Waals surface area contributed by atoms with Gasteiger partial charge >= 0.3 is 0 Å². The first kappa shape index (κ1) is 11.2. The maximum Gasteiger partial charge on any atom is 0.203 e. The summed E-state index contributed by atoms with van der Waals surface area (Å²) in [5.74, 6) is 0.230. The first-order valence-electron chi connectivity index (χ1n) is 5.51. The van der Waals surface area contributed by atoms with Crippen LogP contribution in [0.5, 0.6) is 0 Å². The molecule has 1 aliphatic heterocycles. The highest BCUT2D eigenvalue weighted by molar-refractivity contribution is 5.40. The highest BCUT2D eigenvalue weighted by Crippen LogP contribution is 2.53. The fourth-order valence-corrected chi connectivity index (χ4v) is 2.94. The standard InChI is InChI=1S/C13H17NO2/c1-12(2)10-5-6-16-8-13(10,3)7-9(14-4)11(12)15/h5,15H,6-8H2,1-3H3/t13-/m1/s1. The Bertz CT molecular complexity index is 426. The molecule has 0 saturated carbocycles. The lowest BCUT2D eigenvalue weighted by molar-refractivity contribution is 0.0498. The van der Waals surface area contributed by atoms with E-state index in [2.05, 4.69) is 17.8 Å². The summed E-state index contributed by atoms with van der Waals surface area (Å²) in [6, 6.07) is 0. The molecule has 2 rings (SSSR count). The molecule has 2 aliphatic rings. The van der Waals surface area contributed by atoms with E-state index in [4.69, 9.17) is 11.3 Å². The van der Waals surface area contributed by atoms with Crippen molar-refractivity contribution in [1.82, 2.24) is 0 Å². The van der Waals surface area contributed by atoms with Crippen LogP contribution >= 0.6 is 0 Å². The fourth-order valence-electron chi connectivity index (χ4n) is 2.94. The van der Waals surface area contributed by atoms with Gasteiger partial charge < -0.3 is 9.84 Å². The molecule has 0 fully saturated rings. The molecule has 0 bridgehead atoms. The first-order valence-corrected chi connectivity index (χ1v) is 5.51. The molecule has 1 N–H and O–H groups in total. The van der Waals surface area contributed by atoms with E-state index < -0.39 is 5.41 Å². The highest BCUT2D eigenvalue weighted by Gasteiger charge is 2.47. The lowest BCUT2D eigenvalue weighted by atomic mass is 9.61. The molecule has 1 heterocycles. The van der Waals surface area contributed by atoms with Gasteiger partial charge in [0.15, 0.2) is 0 Å². The Kier molecular flexibility index (Phi) is 2.36. The maximum absolute atomic E-state index is 10.1. The van der Waals surface area contributed by atoms with E-state index in [1.54, 1.807) is 0 Å². The molecule has 0 unspecified atom stereocenters. The van der Waals surface area contributed by atoms with Crippen molar-refractivity contribution in [2.75, 3.05) is 13.2 Å². The van der Waals surface area contributed by atoms with Crippen molar-refractivity contribution in [3.8, 4) is 0 Å². The van der Waals surface area contributed by atoms with Crippen LogP contribution < -0.4 is 0 Å². The zero-order valence-electron chi connectivity index (χ0n) is 10.0. The number of allylic oxidation sites excluding steroid dienone is 2. The van der Waals surface area contributed by atoms with Crippen LogP contribution in [-0.4, -0.2) is 18.3 Å². The van der Waals surface area contributed by atoms with Crippen LogP contribution in [-0.2, 0) is 4.74 Å². The Hall–Kier alpha value is -1.27. The van der Waals surface area contributed by atoms with Gasteiger partial charge in [-0.25, -0.2) is 4.85 Å². The number of hydrogen-bond acceptors (Lipinski definition) is 2. The average molecular weight is 219 g/mol. The van der Waals surface area contributed by atoms with Crippen molar-refractivity contribution in [1.29, 1.82) is 0 Å². The minimum absolute atomic E-state index is 0.131. The first-order chi connectivity index (χ1) is 7.42. The van der Waals surface area contributed by atoms with Gasteiger partial charge in [0.05, 0.1) is 19.8 Å². The van der Waals surface area contributed by atoms with Crippen molar-refractivity contribution in [2.45, 2.75) is 27.2 Å². The Morgan fingerprint density at radius 1 is 1.44 bits per heavy atom. The van der Waals surface area contributed by atoms with E-state index in [9.17, 15) is 5.11 Å². The van der Waals surface area contributed by atoms with Gasteiger partial charge in [0, 0.05) is 10.8 Å². The zero-order valence-corrected chi connectivity index (χ0v) is 10.0. The molecule has 3 heteroatoms. The maximum atomic E-state index is 10.1. The second-order valence-electron chi connectivity index (χ2n) is 5.40. The van der Waals surface area contributed by atoms with Crippen molar-refractivity contribution in [2.24, 2.45) is 10.8 Å². The Morgan fingerprint density at radius 2 is 2.12 bits per heavy atom. The molecular weight excluding hydrogens is 202 g/mol. The third kappa shape index (κ3) is 1.37. The van der Waals surface area contributed by atoms with Crippen LogP contribution in [0.25, 0.3) is 4.85 Å². The summed E-state index contributed by atoms with van der Waals surface area (Å²) in [5, 5.41) is 10.1. The quantitative estimate of drug-likeness (QED) is 0.502. The van der Waals surface area contributed by atoms with Gasteiger partial charge in [-0.15, -0.1) is 0 Å². The van der Waals surface area contributed by atoms with E-state index in [0.717, 1.165) is 0 Å². The van der Waals surface area contributed by atoms with Crippen molar-refractivity contribution in [3.63, 3.8) is 0 Å². The fraction of sp³-hybridized carbons (Fsp3) is 0.615. The summed E-state index contributed by atoms with van der Waals surface area (Å²) in [6.07, 6.45) is 2.64. The molecule has 0 amide bonds. The molecule has 0 spiro atoms. The number of aliphatic hydroxyl groups is 1. The van der Waals surface area contributed by atoms with Crippen LogP contribution in [0.1, 0.15) is 27.2 Å².